The van der Waals surface area contributed by atoms with Gasteiger partial charge < -0.3 is 33.8 Å². The van der Waals surface area contributed by atoms with Crippen LogP contribution in [0.4, 0.5) is 0 Å². The smallest absolute Gasteiger partial charge is 0.462 e. The summed E-state index contributed by atoms with van der Waals surface area (Å²) in [6.45, 7) is 4.31. The average Bonchev–Trinajstić information content (AvgIpc) is 0.908. The number of ether oxygens (including phenoxy) is 4. The van der Waals surface area contributed by atoms with Crippen LogP contribution in [0, 0.1) is 0 Å². The largest absolute Gasteiger partial charge is 0.472 e. The zero-order valence-electron chi connectivity index (χ0n) is 63.2. The molecule has 0 saturated heterocycles. The number of aliphatic hydroxyl groups is 1. The van der Waals surface area contributed by atoms with Crippen molar-refractivity contribution >= 4 is 39.5 Å². The summed E-state index contributed by atoms with van der Waals surface area (Å²) >= 11 is 0. The molecular weight excluding hydrogens is 1330 g/mol. The van der Waals surface area contributed by atoms with Crippen LogP contribution in [-0.2, 0) is 65.4 Å². The molecule has 0 aliphatic heterocycles. The molecule has 0 heterocycles. The predicted molar refractivity (Wildman–Crippen MR) is 417 cm³/mol. The zero-order valence-corrected chi connectivity index (χ0v) is 65.0. The van der Waals surface area contributed by atoms with E-state index in [0.717, 1.165) is 205 Å². The number of hydrogen-bond acceptors (Lipinski definition) is 15. The van der Waals surface area contributed by atoms with Crippen molar-refractivity contribution in [3.63, 3.8) is 0 Å². The maximum Gasteiger partial charge on any atom is 0.472 e. The zero-order chi connectivity index (χ0) is 74.6. The minimum Gasteiger partial charge on any atom is -0.462 e. The maximum absolute atomic E-state index is 13.1. The quantitative estimate of drug-likeness (QED) is 0.0169. The van der Waals surface area contributed by atoms with Crippen molar-refractivity contribution in [1.82, 2.24) is 0 Å². The number of allylic oxidation sites excluding steroid dienone is 25. The number of esters is 4. The Hall–Kier alpha value is -5.32. The van der Waals surface area contributed by atoms with Gasteiger partial charge in [0.05, 0.1) is 32.8 Å². The molecule has 0 spiro atoms. The van der Waals surface area contributed by atoms with E-state index in [9.17, 15) is 43.2 Å². The molecule has 3 N–H and O–H groups in total. The Bertz CT molecular complexity index is 2550. The van der Waals surface area contributed by atoms with Crippen LogP contribution in [0.3, 0.4) is 0 Å². The van der Waals surface area contributed by atoms with Crippen LogP contribution in [0.2, 0.25) is 0 Å². The Labute approximate surface area is 617 Å². The van der Waals surface area contributed by atoms with Gasteiger partial charge in [-0.15, -0.1) is 0 Å². The van der Waals surface area contributed by atoms with E-state index < -0.39 is 97.5 Å². The van der Waals surface area contributed by atoms with E-state index in [2.05, 4.69) is 161 Å². The molecule has 0 radical (unpaired) electrons. The Morgan fingerprint density at radius 2 is 0.549 bits per heavy atom. The molecule has 0 aliphatic rings. The molecule has 5 atom stereocenters. The van der Waals surface area contributed by atoms with E-state index in [1.165, 1.54) is 0 Å². The minimum atomic E-state index is -5.00. The fraction of sp³-hybridized carbons (Fsp3) is 0.639. The summed E-state index contributed by atoms with van der Waals surface area (Å²) in [5, 5.41) is 10.6. The van der Waals surface area contributed by atoms with E-state index >= 15 is 0 Å². The van der Waals surface area contributed by atoms with E-state index in [0.29, 0.717) is 25.7 Å². The van der Waals surface area contributed by atoms with E-state index in [1.54, 1.807) is 6.08 Å². The summed E-state index contributed by atoms with van der Waals surface area (Å²) in [6, 6.07) is 0. The van der Waals surface area contributed by atoms with E-state index in [-0.39, 0.29) is 25.7 Å². The topological polar surface area (TPSA) is 237 Å². The summed E-state index contributed by atoms with van der Waals surface area (Å²) in [5.41, 5.74) is 0. The van der Waals surface area contributed by atoms with Gasteiger partial charge in [-0.2, -0.15) is 0 Å². The van der Waals surface area contributed by atoms with Crippen molar-refractivity contribution in [2.75, 3.05) is 39.6 Å². The third kappa shape index (κ3) is 73.0. The number of rotatable bonds is 71. The first-order valence-corrected chi connectivity index (χ1v) is 41.7. The molecule has 19 heteroatoms. The van der Waals surface area contributed by atoms with Crippen LogP contribution in [0.15, 0.2) is 158 Å². The molecule has 580 valence electrons. The van der Waals surface area contributed by atoms with Gasteiger partial charge in [-0.3, -0.25) is 37.3 Å². The highest BCUT2D eigenvalue weighted by Crippen LogP contribution is 2.45. The Morgan fingerprint density at radius 3 is 0.873 bits per heavy atom. The first kappa shape index (κ1) is 96.7. The summed E-state index contributed by atoms with van der Waals surface area (Å²) in [6.07, 6.45) is 85.4. The Morgan fingerprint density at radius 1 is 0.294 bits per heavy atom. The van der Waals surface area contributed by atoms with Gasteiger partial charge in [0.1, 0.15) is 19.3 Å². The van der Waals surface area contributed by atoms with Crippen molar-refractivity contribution in [1.29, 1.82) is 0 Å². The highest BCUT2D eigenvalue weighted by atomic mass is 31.2. The monoisotopic (exact) mass is 1470 g/mol. The molecule has 102 heavy (non-hydrogen) atoms. The Kier molecular flexibility index (Phi) is 70.1. The van der Waals surface area contributed by atoms with Crippen LogP contribution < -0.4 is 0 Å². The van der Waals surface area contributed by atoms with Crippen LogP contribution in [0.1, 0.15) is 285 Å². The minimum absolute atomic E-state index is 0.0545. The number of aliphatic hydroxyl groups excluding tert-OH is 1. The third-order valence-electron chi connectivity index (χ3n) is 15.5. The number of hydrogen-bond donors (Lipinski definition) is 3. The van der Waals surface area contributed by atoms with Crippen molar-refractivity contribution < 1.29 is 80.2 Å². The Balaban J connectivity index is 5.45. The van der Waals surface area contributed by atoms with Gasteiger partial charge in [-0.1, -0.05) is 276 Å². The summed E-state index contributed by atoms with van der Waals surface area (Å²) in [5.74, 6) is -2.37. The molecule has 17 nitrogen and oxygen atoms in total. The summed E-state index contributed by atoms with van der Waals surface area (Å²) in [4.78, 5) is 72.9. The maximum atomic E-state index is 13.1. The van der Waals surface area contributed by atoms with Crippen LogP contribution >= 0.6 is 15.6 Å². The van der Waals surface area contributed by atoms with Crippen LogP contribution in [-0.4, -0.2) is 96.7 Å². The number of carbonyl (C=O) groups excluding carboxylic acids is 4. The third-order valence-corrected chi connectivity index (χ3v) is 17.4. The summed E-state index contributed by atoms with van der Waals surface area (Å²) in [7, 11) is -10.00. The molecular formula is C83H136O17P2. The van der Waals surface area contributed by atoms with Gasteiger partial charge in [0, 0.05) is 19.3 Å². The highest BCUT2D eigenvalue weighted by Gasteiger charge is 2.30. The molecule has 0 aliphatic carbocycles. The second-order valence-electron chi connectivity index (χ2n) is 25.2. The first-order valence-electron chi connectivity index (χ1n) is 38.7. The average molecular weight is 1470 g/mol. The fourth-order valence-electron chi connectivity index (χ4n) is 9.71. The standard InChI is InChI=1S/C83H136O17P2/c1-5-9-13-17-21-25-29-33-36-38-41-45-48-52-56-60-64-68-81(86)94-74-79(100-83(88)70-66-62-58-54-50-46-42-39-37-34-30-26-22-18-14-10-6-2)76-98-102(91,92)96-72-77(84)71-95-101(89,90)97-75-78(99-82(87)69-65-61-57-53-49-43-32-28-24-20-16-12-8-4)73-93-80(85)67-63-59-55-51-47-44-40-35-31-27-23-19-15-11-7-3/h9-11,13-16,20-23,25-28,32-37,40,47,51,59,63,77-79,84H,5-8,12,17-19,24,29-31,38-39,41-46,48-50,52-58,60-62,64-76H2,1-4H3,(H,89,90)(H,91,92)/b13-9-,14-10-,15-11-,20-16-,25-21-,26-22-,27-23-,32-28-,36-33-,37-34-,40-35-,51-47-,63-59-. The van der Waals surface area contributed by atoms with Gasteiger partial charge in [0.15, 0.2) is 12.2 Å². The van der Waals surface area contributed by atoms with Gasteiger partial charge in [0.25, 0.3) is 0 Å². The van der Waals surface area contributed by atoms with E-state index in [4.69, 9.17) is 37.0 Å². The first-order chi connectivity index (χ1) is 49.7. The molecule has 5 unspecified atom stereocenters. The lowest BCUT2D eigenvalue weighted by atomic mass is 10.1. The summed E-state index contributed by atoms with van der Waals surface area (Å²) < 4.78 is 68.4. The molecule has 0 aromatic rings. The van der Waals surface area contributed by atoms with Gasteiger partial charge in [-0.25, -0.2) is 9.13 Å². The lowest BCUT2D eigenvalue weighted by Gasteiger charge is -2.21. The number of phosphoric acid groups is 2. The fourth-order valence-corrected chi connectivity index (χ4v) is 11.3. The molecule has 0 fully saturated rings. The second kappa shape index (κ2) is 74.0. The predicted octanol–water partition coefficient (Wildman–Crippen LogP) is 22.4. The van der Waals surface area contributed by atoms with Gasteiger partial charge >= 0.3 is 39.5 Å². The molecule has 0 aromatic carbocycles. The molecule has 0 amide bonds. The van der Waals surface area contributed by atoms with Crippen molar-refractivity contribution in [2.45, 2.75) is 303 Å². The number of phosphoric ester groups is 2. The van der Waals surface area contributed by atoms with Crippen LogP contribution in [0.25, 0.3) is 0 Å². The van der Waals surface area contributed by atoms with Crippen molar-refractivity contribution in [3.8, 4) is 0 Å². The highest BCUT2D eigenvalue weighted by molar-refractivity contribution is 7.47. The van der Waals surface area contributed by atoms with Crippen LogP contribution in [0.5, 0.6) is 0 Å². The van der Waals surface area contributed by atoms with E-state index in [1.807, 2.05) is 18.2 Å². The second-order valence-corrected chi connectivity index (χ2v) is 28.1. The SMILES string of the molecule is CC/C=C\C/C=C\C/C=C\C/C=C\C/C=C\CC(=O)OCC(COP(=O)(O)OCC(O)COP(=O)(O)OCC(COC(=O)CCCCCCCCC/C=C\C/C=C\C/C=C\CC)OC(=O)CCCCCCCCC/C=C\C/C=C\C/C=C\CC)OC(=O)CCCCCCC/C=C\C/C=C\CCC. The number of carbonyl (C=O) groups is 4. The van der Waals surface area contributed by atoms with Gasteiger partial charge in [-0.05, 0) is 141 Å². The molecule has 0 saturated carbocycles. The lowest BCUT2D eigenvalue weighted by Crippen LogP contribution is -2.30. The molecule has 0 bridgehead atoms. The number of unbranched alkanes of at least 4 members (excludes halogenated alkanes) is 20. The van der Waals surface area contributed by atoms with Crippen molar-refractivity contribution in [2.24, 2.45) is 0 Å². The molecule has 0 aromatic heterocycles. The lowest BCUT2D eigenvalue weighted by molar-refractivity contribution is -0.161. The molecule has 0 rings (SSSR count). The van der Waals surface area contributed by atoms with Crippen molar-refractivity contribution in [3.05, 3.63) is 158 Å². The van der Waals surface area contributed by atoms with Gasteiger partial charge in [0.2, 0.25) is 0 Å². The normalized spacial score (nSPS) is 14.8.